The van der Waals surface area contributed by atoms with E-state index in [1.165, 1.54) is 30.6 Å². The Bertz CT molecular complexity index is 648. The zero-order valence-corrected chi connectivity index (χ0v) is 13.6. The molecule has 0 unspecified atom stereocenters. The molecule has 1 N–H and O–H groups in total. The van der Waals surface area contributed by atoms with Crippen molar-refractivity contribution in [3.8, 4) is 5.69 Å². The van der Waals surface area contributed by atoms with Gasteiger partial charge in [-0.15, -0.1) is 0 Å². The van der Waals surface area contributed by atoms with Gasteiger partial charge in [-0.3, -0.25) is 0 Å². The number of hydrogen-bond acceptors (Lipinski definition) is 3. The van der Waals surface area contributed by atoms with Crippen LogP contribution in [0.25, 0.3) is 5.69 Å². The van der Waals surface area contributed by atoms with E-state index in [2.05, 4.69) is 35.4 Å². The van der Waals surface area contributed by atoms with E-state index >= 15 is 0 Å². The normalized spacial score (nSPS) is 22.1. The zero-order chi connectivity index (χ0) is 15.6. The number of hydrogen-bond donors (Lipinski definition) is 1. The predicted molar refractivity (Wildman–Crippen MR) is 92.2 cm³/mol. The molecule has 4 nitrogen and oxygen atoms in total. The number of rotatable bonds is 4. The van der Waals surface area contributed by atoms with Crippen LogP contribution < -0.4 is 4.90 Å². The molecular weight excluding hydrogens is 286 g/mol. The second-order valence-corrected chi connectivity index (χ2v) is 6.94. The molecule has 2 heterocycles. The van der Waals surface area contributed by atoms with Crippen molar-refractivity contribution >= 4 is 5.69 Å². The summed E-state index contributed by atoms with van der Waals surface area (Å²) >= 11 is 0. The molecule has 2 aromatic rings. The maximum absolute atomic E-state index is 9.53. The van der Waals surface area contributed by atoms with Crippen molar-refractivity contribution in [1.82, 2.24) is 9.78 Å². The van der Waals surface area contributed by atoms with Gasteiger partial charge >= 0.3 is 0 Å². The molecule has 1 aliphatic carbocycles. The van der Waals surface area contributed by atoms with Gasteiger partial charge < -0.3 is 10.0 Å². The number of aliphatic hydroxyl groups is 1. The van der Waals surface area contributed by atoms with Crippen LogP contribution in [-0.4, -0.2) is 34.6 Å². The van der Waals surface area contributed by atoms with Gasteiger partial charge in [0.15, 0.2) is 0 Å². The minimum atomic E-state index is 0.294. The summed E-state index contributed by atoms with van der Waals surface area (Å²) in [5.74, 6) is 1.02. The van der Waals surface area contributed by atoms with Crippen LogP contribution in [0.5, 0.6) is 0 Å². The monoisotopic (exact) mass is 311 g/mol. The smallest absolute Gasteiger partial charge is 0.0893 e. The van der Waals surface area contributed by atoms with Gasteiger partial charge in [0.1, 0.15) is 0 Å². The van der Waals surface area contributed by atoms with Gasteiger partial charge in [-0.25, -0.2) is 4.68 Å². The lowest BCUT2D eigenvalue weighted by atomic mass is 9.82. The predicted octanol–water partition coefficient (Wildman–Crippen LogP) is 3.35. The quantitative estimate of drug-likeness (QED) is 0.941. The van der Waals surface area contributed by atoms with Gasteiger partial charge in [0.2, 0.25) is 0 Å². The first-order valence-electron chi connectivity index (χ1n) is 8.86. The Morgan fingerprint density at radius 1 is 1.09 bits per heavy atom. The number of piperidine rings is 1. The summed E-state index contributed by atoms with van der Waals surface area (Å²) in [4.78, 5) is 2.45. The molecule has 0 bridgehead atoms. The lowest BCUT2D eigenvalue weighted by Crippen LogP contribution is -2.37. The van der Waals surface area contributed by atoms with E-state index in [9.17, 15) is 5.11 Å². The van der Waals surface area contributed by atoms with Gasteiger partial charge in [0, 0.05) is 25.6 Å². The number of nitrogens with zero attached hydrogens (tertiary/aromatic N) is 3. The van der Waals surface area contributed by atoms with Gasteiger partial charge in [-0.1, -0.05) is 24.6 Å². The highest BCUT2D eigenvalue weighted by Crippen LogP contribution is 2.41. The maximum atomic E-state index is 9.53. The van der Waals surface area contributed by atoms with Crippen molar-refractivity contribution in [2.75, 3.05) is 24.6 Å². The highest BCUT2D eigenvalue weighted by Gasteiger charge is 2.30. The average Bonchev–Trinajstić information content (AvgIpc) is 2.99. The van der Waals surface area contributed by atoms with Crippen LogP contribution >= 0.6 is 0 Å². The fraction of sp³-hybridized carbons (Fsp3) is 0.526. The first-order valence-corrected chi connectivity index (χ1v) is 8.86. The van der Waals surface area contributed by atoms with Gasteiger partial charge in [-0.2, -0.15) is 5.10 Å². The molecule has 23 heavy (non-hydrogen) atoms. The second kappa shape index (κ2) is 6.36. The lowest BCUT2D eigenvalue weighted by molar-refractivity contribution is 0.208. The third-order valence-corrected chi connectivity index (χ3v) is 5.35. The number of para-hydroxylation sites is 1. The van der Waals surface area contributed by atoms with Gasteiger partial charge in [-0.05, 0) is 43.7 Å². The summed E-state index contributed by atoms with van der Waals surface area (Å²) in [6, 6.07) is 10.4. The third-order valence-electron chi connectivity index (χ3n) is 5.35. The molecule has 1 aromatic carbocycles. The molecule has 1 saturated heterocycles. The number of benzene rings is 1. The molecule has 0 radical (unpaired) electrons. The first kappa shape index (κ1) is 14.8. The minimum absolute atomic E-state index is 0.294. The van der Waals surface area contributed by atoms with Crippen molar-refractivity contribution in [2.45, 2.75) is 38.0 Å². The fourth-order valence-electron chi connectivity index (χ4n) is 3.74. The molecule has 2 fully saturated rings. The second-order valence-electron chi connectivity index (χ2n) is 6.94. The molecule has 0 amide bonds. The number of aromatic nitrogens is 2. The van der Waals surface area contributed by atoms with Crippen molar-refractivity contribution in [3.05, 3.63) is 42.2 Å². The van der Waals surface area contributed by atoms with Crippen LogP contribution in [0.3, 0.4) is 0 Å². The summed E-state index contributed by atoms with van der Waals surface area (Å²) in [5, 5.41) is 14.5. The zero-order valence-electron chi connectivity index (χ0n) is 13.6. The van der Waals surface area contributed by atoms with Crippen molar-refractivity contribution in [2.24, 2.45) is 5.92 Å². The van der Waals surface area contributed by atoms with E-state index in [4.69, 9.17) is 5.10 Å². The van der Waals surface area contributed by atoms with Crippen molar-refractivity contribution < 1.29 is 5.11 Å². The summed E-state index contributed by atoms with van der Waals surface area (Å²) in [6.45, 7) is 2.33. The molecule has 4 heteroatoms. The van der Waals surface area contributed by atoms with Crippen LogP contribution in [0, 0.1) is 5.92 Å². The molecular formula is C19H25N3O. The highest BCUT2D eigenvalue weighted by molar-refractivity contribution is 5.53. The summed E-state index contributed by atoms with van der Waals surface area (Å²) < 4.78 is 2.03. The summed E-state index contributed by atoms with van der Waals surface area (Å²) in [7, 11) is 0. The highest BCUT2D eigenvalue weighted by atomic mass is 16.3. The molecule has 1 aromatic heterocycles. The van der Waals surface area contributed by atoms with Crippen LogP contribution in [0.1, 0.15) is 43.7 Å². The Labute approximate surface area is 137 Å². The van der Waals surface area contributed by atoms with Crippen LogP contribution in [0.2, 0.25) is 0 Å². The molecule has 2 aliphatic rings. The van der Waals surface area contributed by atoms with E-state index in [0.717, 1.165) is 31.6 Å². The molecule has 4 rings (SSSR count). The molecule has 1 aliphatic heterocycles. The van der Waals surface area contributed by atoms with E-state index in [0.29, 0.717) is 18.4 Å². The van der Waals surface area contributed by atoms with E-state index < -0.39 is 0 Å². The average molecular weight is 311 g/mol. The van der Waals surface area contributed by atoms with E-state index in [1.807, 2.05) is 10.7 Å². The van der Waals surface area contributed by atoms with Gasteiger partial charge in [0.25, 0.3) is 0 Å². The molecule has 122 valence electrons. The van der Waals surface area contributed by atoms with Crippen molar-refractivity contribution in [1.29, 1.82) is 0 Å². The largest absolute Gasteiger partial charge is 0.396 e. The maximum Gasteiger partial charge on any atom is 0.0893 e. The standard InChI is InChI=1S/C19H25N3O/c23-14-15-6-5-11-21(12-15)18-13-22(17-9-2-1-3-10-17)20-19(18)16-7-4-8-16/h1-3,9-10,13,15-16,23H,4-8,11-12,14H2/t15-/m1/s1. The molecule has 1 atom stereocenters. The molecule has 1 saturated carbocycles. The Morgan fingerprint density at radius 2 is 1.91 bits per heavy atom. The van der Waals surface area contributed by atoms with E-state index in [1.54, 1.807) is 0 Å². The first-order chi connectivity index (χ1) is 11.3. The SMILES string of the molecule is OC[C@@H]1CCCN(c2cn(-c3ccccc3)nc2C2CCC2)C1. The fourth-order valence-corrected chi connectivity index (χ4v) is 3.74. The lowest BCUT2D eigenvalue weighted by Gasteiger charge is -2.35. The van der Waals surface area contributed by atoms with E-state index in [-0.39, 0.29) is 0 Å². The summed E-state index contributed by atoms with van der Waals surface area (Å²) in [6.07, 6.45) is 8.33. The number of anilines is 1. The Kier molecular flexibility index (Phi) is 4.08. The topological polar surface area (TPSA) is 41.3 Å². The van der Waals surface area contributed by atoms with Crippen LogP contribution in [0.15, 0.2) is 36.5 Å². The third kappa shape index (κ3) is 2.88. The minimum Gasteiger partial charge on any atom is -0.396 e. The Morgan fingerprint density at radius 3 is 2.61 bits per heavy atom. The van der Waals surface area contributed by atoms with Crippen molar-refractivity contribution in [3.63, 3.8) is 0 Å². The number of aliphatic hydroxyl groups excluding tert-OH is 1. The van der Waals surface area contributed by atoms with Crippen LogP contribution in [0.4, 0.5) is 5.69 Å². The summed E-state index contributed by atoms with van der Waals surface area (Å²) in [5.41, 5.74) is 3.67. The Balaban J connectivity index is 1.68. The van der Waals surface area contributed by atoms with Gasteiger partial charge in [0.05, 0.1) is 23.3 Å². The molecule has 0 spiro atoms. The Hall–Kier alpha value is -1.81. The van der Waals surface area contributed by atoms with Crippen LogP contribution in [-0.2, 0) is 0 Å².